The van der Waals surface area contributed by atoms with E-state index in [1.807, 2.05) is 6.20 Å². The van der Waals surface area contributed by atoms with Gasteiger partial charge in [-0.1, -0.05) is 83.5 Å². The maximum absolute atomic E-state index is 4.84. The molecule has 0 amide bonds. The molecule has 1 aromatic heterocycles. The number of benzene rings is 2. The van der Waals surface area contributed by atoms with Gasteiger partial charge in [-0.2, -0.15) is 0 Å². The first-order valence-corrected chi connectivity index (χ1v) is 10.6. The Labute approximate surface area is 170 Å². The number of imidazole rings is 1. The minimum atomic E-state index is 0.100. The molecule has 0 fully saturated rings. The number of hydrogen-bond donors (Lipinski definition) is 0. The van der Waals surface area contributed by atoms with E-state index in [0.29, 0.717) is 5.92 Å². The van der Waals surface area contributed by atoms with E-state index in [1.54, 1.807) is 0 Å². The van der Waals surface area contributed by atoms with Crippen LogP contribution in [0.5, 0.6) is 0 Å². The zero-order valence-electron chi connectivity index (χ0n) is 18.5. The van der Waals surface area contributed by atoms with Crippen LogP contribution in [0.25, 0.3) is 17.1 Å². The molecule has 0 aliphatic carbocycles. The van der Waals surface area contributed by atoms with E-state index in [9.17, 15) is 0 Å². The summed E-state index contributed by atoms with van der Waals surface area (Å²) in [5, 5.41) is 0. The van der Waals surface area contributed by atoms with Gasteiger partial charge in [-0.25, -0.2) is 4.98 Å². The maximum Gasteiger partial charge on any atom is 0.144 e. The average molecular weight is 375 g/mol. The van der Waals surface area contributed by atoms with Crippen LogP contribution in [0.2, 0.25) is 0 Å². The Balaban J connectivity index is 2.30. The Kier molecular flexibility index (Phi) is 5.79. The molecule has 2 nitrogen and oxygen atoms in total. The standard InChI is InChI=1S/C26H34N2/c1-8-20-11-10-12-21(18(3)4)24(20)28-16-15-27-25(28)22-14-13-19(5)17-23(22)26(6,7)9-2/h10-18H,8-9H2,1-7H3. The van der Waals surface area contributed by atoms with Gasteiger partial charge in [0.2, 0.25) is 0 Å². The summed E-state index contributed by atoms with van der Waals surface area (Å²) < 4.78 is 2.31. The average Bonchev–Trinajstić information content (AvgIpc) is 3.16. The fourth-order valence-corrected chi connectivity index (χ4v) is 3.94. The summed E-state index contributed by atoms with van der Waals surface area (Å²) >= 11 is 0. The molecule has 0 aliphatic heterocycles. The molecule has 1 heterocycles. The molecule has 0 saturated carbocycles. The van der Waals surface area contributed by atoms with Crippen molar-refractivity contribution in [3.8, 4) is 17.1 Å². The number of aromatic nitrogens is 2. The largest absolute Gasteiger partial charge is 0.299 e. The topological polar surface area (TPSA) is 17.8 Å². The molecule has 148 valence electrons. The first-order valence-electron chi connectivity index (χ1n) is 10.6. The summed E-state index contributed by atoms with van der Waals surface area (Å²) in [6, 6.07) is 13.5. The molecule has 2 heteroatoms. The number of hydrogen-bond acceptors (Lipinski definition) is 1. The van der Waals surface area contributed by atoms with Crippen LogP contribution in [0.15, 0.2) is 48.8 Å². The van der Waals surface area contributed by atoms with Crippen molar-refractivity contribution in [2.75, 3.05) is 0 Å². The van der Waals surface area contributed by atoms with Crippen molar-refractivity contribution in [3.05, 3.63) is 71.0 Å². The second-order valence-corrected chi connectivity index (χ2v) is 8.77. The highest BCUT2D eigenvalue weighted by Crippen LogP contribution is 2.37. The third-order valence-corrected chi connectivity index (χ3v) is 6.06. The molecule has 0 saturated heterocycles. The van der Waals surface area contributed by atoms with Crippen molar-refractivity contribution in [1.29, 1.82) is 0 Å². The molecular formula is C26H34N2. The third-order valence-electron chi connectivity index (χ3n) is 6.06. The quantitative estimate of drug-likeness (QED) is 0.445. The lowest BCUT2D eigenvalue weighted by Crippen LogP contribution is -2.18. The Morgan fingerprint density at radius 2 is 1.82 bits per heavy atom. The van der Waals surface area contributed by atoms with Crippen molar-refractivity contribution < 1.29 is 0 Å². The van der Waals surface area contributed by atoms with Crippen LogP contribution in [-0.4, -0.2) is 9.55 Å². The zero-order valence-corrected chi connectivity index (χ0v) is 18.5. The number of aryl methyl sites for hydroxylation is 2. The molecule has 0 unspecified atom stereocenters. The van der Waals surface area contributed by atoms with Crippen LogP contribution in [0, 0.1) is 6.92 Å². The van der Waals surface area contributed by atoms with Crippen LogP contribution < -0.4 is 0 Å². The van der Waals surface area contributed by atoms with Gasteiger partial charge in [0, 0.05) is 18.0 Å². The Bertz CT molecular complexity index is 960. The molecule has 28 heavy (non-hydrogen) atoms. The highest BCUT2D eigenvalue weighted by Gasteiger charge is 2.25. The van der Waals surface area contributed by atoms with E-state index in [-0.39, 0.29) is 5.41 Å². The summed E-state index contributed by atoms with van der Waals surface area (Å²) in [6.45, 7) is 15.9. The minimum Gasteiger partial charge on any atom is -0.299 e. The normalized spacial score (nSPS) is 12.0. The fraction of sp³-hybridized carbons (Fsp3) is 0.423. The van der Waals surface area contributed by atoms with Crippen molar-refractivity contribution in [3.63, 3.8) is 0 Å². The summed E-state index contributed by atoms with van der Waals surface area (Å²) in [6.07, 6.45) is 6.16. The van der Waals surface area contributed by atoms with E-state index in [2.05, 4.69) is 95.6 Å². The lowest BCUT2D eigenvalue weighted by molar-refractivity contribution is 0.507. The first kappa shape index (κ1) is 20.4. The lowest BCUT2D eigenvalue weighted by atomic mass is 9.79. The van der Waals surface area contributed by atoms with Gasteiger partial charge in [0.25, 0.3) is 0 Å². The van der Waals surface area contributed by atoms with Crippen LogP contribution in [-0.2, 0) is 11.8 Å². The van der Waals surface area contributed by atoms with Gasteiger partial charge in [0.15, 0.2) is 0 Å². The molecule has 0 atom stereocenters. The second kappa shape index (κ2) is 7.95. The van der Waals surface area contributed by atoms with Gasteiger partial charge in [-0.15, -0.1) is 0 Å². The predicted molar refractivity (Wildman–Crippen MR) is 121 cm³/mol. The smallest absolute Gasteiger partial charge is 0.144 e. The monoisotopic (exact) mass is 374 g/mol. The van der Waals surface area contributed by atoms with Gasteiger partial charge >= 0.3 is 0 Å². The highest BCUT2D eigenvalue weighted by atomic mass is 15.1. The van der Waals surface area contributed by atoms with Gasteiger partial charge in [0.1, 0.15) is 5.82 Å². The molecule has 3 aromatic rings. The SMILES string of the molecule is CCc1cccc(C(C)C)c1-n1ccnc1-c1ccc(C)cc1C(C)(C)CC. The second-order valence-electron chi connectivity index (χ2n) is 8.77. The van der Waals surface area contributed by atoms with Crippen molar-refractivity contribution >= 4 is 0 Å². The van der Waals surface area contributed by atoms with E-state index < -0.39 is 0 Å². The van der Waals surface area contributed by atoms with Crippen molar-refractivity contribution in [2.24, 2.45) is 0 Å². The van der Waals surface area contributed by atoms with Crippen molar-refractivity contribution in [1.82, 2.24) is 9.55 Å². The van der Waals surface area contributed by atoms with Gasteiger partial charge in [-0.3, -0.25) is 4.57 Å². The summed E-state index contributed by atoms with van der Waals surface area (Å²) in [7, 11) is 0. The molecule has 0 spiro atoms. The highest BCUT2D eigenvalue weighted by molar-refractivity contribution is 5.67. The first-order chi connectivity index (χ1) is 13.3. The number of para-hydroxylation sites is 1. The molecule has 0 aliphatic rings. The summed E-state index contributed by atoms with van der Waals surface area (Å²) in [5.74, 6) is 1.50. The van der Waals surface area contributed by atoms with Crippen LogP contribution in [0.1, 0.15) is 76.1 Å². The predicted octanol–water partition coefficient (Wildman–Crippen LogP) is 7.22. The molecule has 0 bridgehead atoms. The lowest BCUT2D eigenvalue weighted by Gasteiger charge is -2.27. The Morgan fingerprint density at radius 1 is 1.07 bits per heavy atom. The van der Waals surface area contributed by atoms with E-state index >= 15 is 0 Å². The number of rotatable bonds is 6. The molecule has 2 aromatic carbocycles. The van der Waals surface area contributed by atoms with Gasteiger partial charge < -0.3 is 0 Å². The van der Waals surface area contributed by atoms with Gasteiger partial charge in [0.05, 0.1) is 5.69 Å². The maximum atomic E-state index is 4.84. The molecular weight excluding hydrogens is 340 g/mol. The van der Waals surface area contributed by atoms with Crippen LogP contribution >= 0.6 is 0 Å². The molecule has 0 radical (unpaired) electrons. The Morgan fingerprint density at radius 3 is 2.46 bits per heavy atom. The third kappa shape index (κ3) is 3.65. The summed E-state index contributed by atoms with van der Waals surface area (Å²) in [5.41, 5.74) is 8.06. The van der Waals surface area contributed by atoms with E-state index in [0.717, 1.165) is 18.7 Å². The number of nitrogens with zero attached hydrogens (tertiary/aromatic N) is 2. The van der Waals surface area contributed by atoms with Gasteiger partial charge in [-0.05, 0) is 47.8 Å². The van der Waals surface area contributed by atoms with E-state index in [1.165, 1.54) is 33.5 Å². The fourth-order valence-electron chi connectivity index (χ4n) is 3.94. The minimum absolute atomic E-state index is 0.100. The summed E-state index contributed by atoms with van der Waals surface area (Å²) in [4.78, 5) is 4.84. The van der Waals surface area contributed by atoms with E-state index in [4.69, 9.17) is 4.98 Å². The molecule has 3 rings (SSSR count). The van der Waals surface area contributed by atoms with Crippen LogP contribution in [0.4, 0.5) is 0 Å². The van der Waals surface area contributed by atoms with Crippen molar-refractivity contribution in [2.45, 2.75) is 72.6 Å². The van der Waals surface area contributed by atoms with Crippen LogP contribution in [0.3, 0.4) is 0 Å². The zero-order chi connectivity index (χ0) is 20.5. The Hall–Kier alpha value is -2.35. The molecule has 0 N–H and O–H groups in total.